The minimum absolute atomic E-state index is 0.384. The predicted octanol–water partition coefficient (Wildman–Crippen LogP) is 2.65. The fraction of sp³-hybridized carbons (Fsp3) is 0.188. The molecule has 0 saturated heterocycles. The van der Waals surface area contributed by atoms with Crippen LogP contribution in [0.15, 0.2) is 60.7 Å². The first kappa shape index (κ1) is 14.1. The van der Waals surface area contributed by atoms with E-state index >= 15 is 0 Å². The first-order valence-electron chi connectivity index (χ1n) is 6.55. The zero-order valence-electron chi connectivity index (χ0n) is 11.2. The van der Waals surface area contributed by atoms with E-state index in [-0.39, 0.29) is 6.09 Å². The minimum atomic E-state index is -0.384. The Morgan fingerprint density at radius 2 is 1.60 bits per heavy atom. The fourth-order valence-electron chi connectivity index (χ4n) is 1.85. The summed E-state index contributed by atoms with van der Waals surface area (Å²) in [6.45, 7) is 1.35. The van der Waals surface area contributed by atoms with Crippen LogP contribution in [0.1, 0.15) is 5.56 Å². The quantitative estimate of drug-likeness (QED) is 0.908. The number of ether oxygens (including phenoxy) is 1. The van der Waals surface area contributed by atoms with Crippen molar-refractivity contribution in [3.05, 3.63) is 66.2 Å². The Balaban J connectivity index is 2.02. The molecule has 4 heteroatoms. The van der Waals surface area contributed by atoms with E-state index in [4.69, 9.17) is 10.5 Å². The van der Waals surface area contributed by atoms with Crippen LogP contribution in [0.2, 0.25) is 0 Å². The molecule has 2 aromatic carbocycles. The van der Waals surface area contributed by atoms with Crippen LogP contribution in [-0.4, -0.2) is 24.1 Å². The number of hydrogen-bond donors (Lipinski definition) is 1. The maximum atomic E-state index is 12.2. The Labute approximate surface area is 118 Å². The number of rotatable bonds is 5. The number of carbonyl (C=O) groups is 1. The number of hydrogen-bond acceptors (Lipinski definition) is 3. The molecule has 20 heavy (non-hydrogen) atoms. The maximum absolute atomic E-state index is 12.2. The molecule has 104 valence electrons. The second-order valence-corrected chi connectivity index (χ2v) is 4.38. The van der Waals surface area contributed by atoms with Crippen LogP contribution in [0.4, 0.5) is 4.79 Å². The van der Waals surface area contributed by atoms with E-state index < -0.39 is 0 Å². The zero-order valence-corrected chi connectivity index (χ0v) is 11.2. The van der Waals surface area contributed by atoms with Gasteiger partial charge < -0.3 is 15.4 Å². The highest BCUT2D eigenvalue weighted by Crippen LogP contribution is 2.12. The molecule has 1 amide bonds. The van der Waals surface area contributed by atoms with Gasteiger partial charge in [0.1, 0.15) is 5.75 Å². The summed E-state index contributed by atoms with van der Waals surface area (Å²) in [7, 11) is 0. The van der Waals surface area contributed by atoms with Crippen molar-refractivity contribution >= 4 is 6.09 Å². The molecule has 0 radical (unpaired) electrons. The van der Waals surface area contributed by atoms with Crippen LogP contribution in [0.3, 0.4) is 0 Å². The van der Waals surface area contributed by atoms with Crippen molar-refractivity contribution < 1.29 is 9.53 Å². The van der Waals surface area contributed by atoms with Crippen molar-refractivity contribution in [3.63, 3.8) is 0 Å². The van der Waals surface area contributed by atoms with E-state index in [1.165, 1.54) is 0 Å². The molecule has 0 heterocycles. The van der Waals surface area contributed by atoms with E-state index in [2.05, 4.69) is 0 Å². The molecule has 2 rings (SSSR count). The average Bonchev–Trinajstić information content (AvgIpc) is 2.49. The molecule has 0 saturated carbocycles. The van der Waals surface area contributed by atoms with E-state index in [0.717, 1.165) is 5.56 Å². The zero-order chi connectivity index (χ0) is 14.2. The largest absolute Gasteiger partial charge is 0.415 e. The van der Waals surface area contributed by atoms with E-state index in [0.29, 0.717) is 25.4 Å². The lowest BCUT2D eigenvalue weighted by molar-refractivity contribution is 0.151. The molecule has 0 fully saturated rings. The van der Waals surface area contributed by atoms with Gasteiger partial charge in [0.05, 0.1) is 0 Å². The molecule has 4 nitrogen and oxygen atoms in total. The summed E-state index contributed by atoms with van der Waals surface area (Å²) in [5, 5.41) is 0. The van der Waals surface area contributed by atoms with Crippen LogP contribution in [-0.2, 0) is 6.54 Å². The first-order chi connectivity index (χ1) is 9.79. The summed E-state index contributed by atoms with van der Waals surface area (Å²) in [4.78, 5) is 13.8. The number of amides is 1. The highest BCUT2D eigenvalue weighted by Gasteiger charge is 2.15. The van der Waals surface area contributed by atoms with Gasteiger partial charge in [-0.15, -0.1) is 0 Å². The summed E-state index contributed by atoms with van der Waals surface area (Å²) in [5.74, 6) is 0.535. The minimum Gasteiger partial charge on any atom is -0.410 e. The lowest BCUT2D eigenvalue weighted by Gasteiger charge is -2.21. The third-order valence-electron chi connectivity index (χ3n) is 2.82. The highest BCUT2D eigenvalue weighted by atomic mass is 16.6. The topological polar surface area (TPSA) is 55.6 Å². The Bertz CT molecular complexity index is 529. The second-order valence-electron chi connectivity index (χ2n) is 4.38. The summed E-state index contributed by atoms with van der Waals surface area (Å²) >= 11 is 0. The standard InChI is InChI=1S/C16H18N2O2/c17-11-12-18(13-14-7-3-1-4-8-14)16(19)20-15-9-5-2-6-10-15/h1-10H,11-13,17H2. The SMILES string of the molecule is NCCN(Cc1ccccc1)C(=O)Oc1ccccc1. The van der Waals surface area contributed by atoms with Gasteiger partial charge in [-0.1, -0.05) is 48.5 Å². The van der Waals surface area contributed by atoms with Gasteiger partial charge in [-0.25, -0.2) is 4.79 Å². The van der Waals surface area contributed by atoms with Gasteiger partial charge in [0.25, 0.3) is 0 Å². The van der Waals surface area contributed by atoms with E-state index in [1.54, 1.807) is 17.0 Å². The molecule has 0 aliphatic heterocycles. The molecule has 0 aliphatic rings. The number of nitrogens with two attached hydrogens (primary N) is 1. The second kappa shape index (κ2) is 7.31. The highest BCUT2D eigenvalue weighted by molar-refractivity contribution is 5.70. The van der Waals surface area contributed by atoms with Crippen LogP contribution in [0.25, 0.3) is 0 Å². The van der Waals surface area contributed by atoms with Crippen LogP contribution < -0.4 is 10.5 Å². The summed E-state index contributed by atoms with van der Waals surface area (Å²) in [5.41, 5.74) is 6.61. The fourth-order valence-corrected chi connectivity index (χ4v) is 1.85. The Morgan fingerprint density at radius 3 is 2.20 bits per heavy atom. The van der Waals surface area contributed by atoms with Crippen molar-refractivity contribution in [2.75, 3.05) is 13.1 Å². The lowest BCUT2D eigenvalue weighted by atomic mass is 10.2. The molecule has 2 N–H and O–H groups in total. The smallest absolute Gasteiger partial charge is 0.410 e. The van der Waals surface area contributed by atoms with Gasteiger partial charge in [-0.05, 0) is 17.7 Å². The van der Waals surface area contributed by atoms with Crippen molar-refractivity contribution in [1.82, 2.24) is 4.90 Å². The van der Waals surface area contributed by atoms with E-state index in [9.17, 15) is 4.79 Å². The summed E-state index contributed by atoms with van der Waals surface area (Å²) in [6.07, 6.45) is -0.384. The van der Waals surface area contributed by atoms with Crippen molar-refractivity contribution in [1.29, 1.82) is 0 Å². The summed E-state index contributed by atoms with van der Waals surface area (Å²) in [6, 6.07) is 18.8. The molecular weight excluding hydrogens is 252 g/mol. The Hall–Kier alpha value is -2.33. The van der Waals surface area contributed by atoms with Gasteiger partial charge in [-0.3, -0.25) is 0 Å². The molecule has 0 spiro atoms. The maximum Gasteiger partial charge on any atom is 0.415 e. The van der Waals surface area contributed by atoms with Crippen molar-refractivity contribution in [2.45, 2.75) is 6.54 Å². The molecule has 0 aromatic heterocycles. The molecule has 0 unspecified atom stereocenters. The van der Waals surface area contributed by atoms with Gasteiger partial charge in [0.15, 0.2) is 0 Å². The normalized spacial score (nSPS) is 10.1. The van der Waals surface area contributed by atoms with Gasteiger partial charge in [0, 0.05) is 19.6 Å². The third-order valence-corrected chi connectivity index (χ3v) is 2.82. The van der Waals surface area contributed by atoms with Crippen LogP contribution >= 0.6 is 0 Å². The van der Waals surface area contributed by atoms with Crippen molar-refractivity contribution in [2.24, 2.45) is 5.73 Å². The lowest BCUT2D eigenvalue weighted by Crippen LogP contribution is -2.36. The Morgan fingerprint density at radius 1 is 1.00 bits per heavy atom. The molecule has 0 atom stereocenters. The van der Waals surface area contributed by atoms with Crippen molar-refractivity contribution in [3.8, 4) is 5.75 Å². The third kappa shape index (κ3) is 4.10. The first-order valence-corrected chi connectivity index (χ1v) is 6.55. The molecule has 0 bridgehead atoms. The molecule has 0 aliphatic carbocycles. The number of para-hydroxylation sites is 1. The predicted molar refractivity (Wildman–Crippen MR) is 78.4 cm³/mol. The molecule has 2 aromatic rings. The number of benzene rings is 2. The van der Waals surface area contributed by atoms with Gasteiger partial charge in [0.2, 0.25) is 0 Å². The Kier molecular flexibility index (Phi) is 5.15. The van der Waals surface area contributed by atoms with Gasteiger partial charge >= 0.3 is 6.09 Å². The molecular formula is C16H18N2O2. The number of carbonyl (C=O) groups excluding carboxylic acids is 1. The average molecular weight is 270 g/mol. The summed E-state index contributed by atoms with van der Waals surface area (Å²) < 4.78 is 5.33. The van der Waals surface area contributed by atoms with Gasteiger partial charge in [-0.2, -0.15) is 0 Å². The monoisotopic (exact) mass is 270 g/mol. The van der Waals surface area contributed by atoms with E-state index in [1.807, 2.05) is 48.5 Å². The van der Waals surface area contributed by atoms with Crippen LogP contribution in [0.5, 0.6) is 5.75 Å². The number of nitrogens with zero attached hydrogens (tertiary/aromatic N) is 1. The van der Waals surface area contributed by atoms with Crippen LogP contribution in [0, 0.1) is 0 Å².